The predicted molar refractivity (Wildman–Crippen MR) is 65.4 cm³/mol. The van der Waals surface area contributed by atoms with Crippen LogP contribution in [0.1, 0.15) is 36.0 Å². The first-order valence-corrected chi connectivity index (χ1v) is 6.14. The second kappa shape index (κ2) is 5.13. The molecule has 0 saturated carbocycles. The van der Waals surface area contributed by atoms with Crippen molar-refractivity contribution in [3.63, 3.8) is 0 Å². The lowest BCUT2D eigenvalue weighted by molar-refractivity contribution is 0.0947. The van der Waals surface area contributed by atoms with Crippen LogP contribution in [0.15, 0.2) is 11.4 Å². The van der Waals surface area contributed by atoms with Gasteiger partial charge < -0.3 is 5.32 Å². The van der Waals surface area contributed by atoms with Gasteiger partial charge >= 0.3 is 0 Å². The average Bonchev–Trinajstić information content (AvgIpc) is 2.74. The van der Waals surface area contributed by atoms with Crippen LogP contribution in [0.2, 0.25) is 0 Å². The predicted octanol–water partition coefficient (Wildman–Crippen LogP) is 2.59. The Kier molecular flexibility index (Phi) is 4.08. The minimum atomic E-state index is -0.515. The molecule has 1 heterocycles. The summed E-state index contributed by atoms with van der Waals surface area (Å²) in [5, 5.41) is 13.6. The van der Waals surface area contributed by atoms with Crippen LogP contribution in [0.4, 0.5) is 0 Å². The molecular weight excluding hydrogens is 220 g/mol. The third-order valence-corrected chi connectivity index (χ3v) is 3.28. The van der Waals surface area contributed by atoms with Crippen LogP contribution in [-0.2, 0) is 6.42 Å². The van der Waals surface area contributed by atoms with Crippen molar-refractivity contribution >= 4 is 17.2 Å². The van der Waals surface area contributed by atoms with E-state index >= 15 is 0 Å². The molecule has 0 aliphatic carbocycles. The molecule has 1 amide bonds. The normalized spacial score (nSPS) is 10.9. The van der Waals surface area contributed by atoms with Gasteiger partial charge in [-0.15, -0.1) is 11.3 Å². The maximum atomic E-state index is 11.8. The fraction of sp³-hybridized carbons (Fsp3) is 0.500. The van der Waals surface area contributed by atoms with E-state index in [1.54, 1.807) is 0 Å². The Hall–Kier alpha value is -1.34. The standard InChI is InChI=1S/C12H16N2OS/c1-4-9-5-6-16-10(9)11(15)14-8-12(2,3)7-13/h5-6H,4,8H2,1-3H3,(H,14,15). The lowest BCUT2D eigenvalue weighted by Gasteiger charge is -2.15. The number of hydrogen-bond donors (Lipinski definition) is 1. The zero-order chi connectivity index (χ0) is 12.2. The molecule has 0 spiro atoms. The van der Waals surface area contributed by atoms with Crippen molar-refractivity contribution in [2.24, 2.45) is 5.41 Å². The summed E-state index contributed by atoms with van der Waals surface area (Å²) in [6.07, 6.45) is 0.855. The summed E-state index contributed by atoms with van der Waals surface area (Å²) in [6, 6.07) is 4.13. The molecule has 1 rings (SSSR count). The van der Waals surface area contributed by atoms with E-state index in [0.717, 1.165) is 16.9 Å². The molecule has 0 aliphatic heterocycles. The Labute approximate surface area is 100 Å². The summed E-state index contributed by atoms with van der Waals surface area (Å²) in [5.41, 5.74) is 0.552. The molecule has 0 bridgehead atoms. The number of nitrogens with zero attached hydrogens (tertiary/aromatic N) is 1. The Bertz CT molecular complexity index is 415. The van der Waals surface area contributed by atoms with E-state index in [4.69, 9.17) is 5.26 Å². The number of carbonyl (C=O) groups excluding carboxylic acids is 1. The first-order chi connectivity index (χ1) is 7.50. The fourth-order valence-electron chi connectivity index (χ4n) is 1.23. The van der Waals surface area contributed by atoms with E-state index in [9.17, 15) is 4.79 Å². The number of nitriles is 1. The van der Waals surface area contributed by atoms with Gasteiger partial charge in [0.05, 0.1) is 16.4 Å². The van der Waals surface area contributed by atoms with Crippen molar-refractivity contribution in [1.82, 2.24) is 5.32 Å². The van der Waals surface area contributed by atoms with Crippen molar-refractivity contribution in [1.29, 1.82) is 5.26 Å². The van der Waals surface area contributed by atoms with Gasteiger partial charge in [0.15, 0.2) is 0 Å². The summed E-state index contributed by atoms with van der Waals surface area (Å²) >= 11 is 1.45. The smallest absolute Gasteiger partial charge is 0.261 e. The van der Waals surface area contributed by atoms with E-state index < -0.39 is 5.41 Å². The Balaban J connectivity index is 2.64. The molecule has 1 N–H and O–H groups in total. The van der Waals surface area contributed by atoms with Crippen LogP contribution in [0, 0.1) is 16.7 Å². The largest absolute Gasteiger partial charge is 0.350 e. The number of rotatable bonds is 4. The second-order valence-electron chi connectivity index (χ2n) is 4.31. The van der Waals surface area contributed by atoms with Gasteiger partial charge in [0.2, 0.25) is 0 Å². The number of aryl methyl sites for hydroxylation is 1. The number of nitrogens with one attached hydrogen (secondary N) is 1. The second-order valence-corrected chi connectivity index (χ2v) is 5.22. The summed E-state index contributed by atoms with van der Waals surface area (Å²) < 4.78 is 0. The van der Waals surface area contributed by atoms with Gasteiger partial charge in [0.25, 0.3) is 5.91 Å². The Morgan fingerprint density at radius 2 is 2.31 bits per heavy atom. The monoisotopic (exact) mass is 236 g/mol. The topological polar surface area (TPSA) is 52.9 Å². The van der Waals surface area contributed by atoms with Gasteiger partial charge in [0, 0.05) is 6.54 Å². The molecule has 0 aliphatic rings. The van der Waals surface area contributed by atoms with Crippen LogP contribution in [0.3, 0.4) is 0 Å². The van der Waals surface area contributed by atoms with E-state index in [1.807, 2.05) is 32.2 Å². The van der Waals surface area contributed by atoms with Gasteiger partial charge in [-0.3, -0.25) is 4.79 Å². The third kappa shape index (κ3) is 3.07. The highest BCUT2D eigenvalue weighted by Crippen LogP contribution is 2.18. The molecule has 1 aromatic rings. The zero-order valence-electron chi connectivity index (χ0n) is 9.83. The molecule has 0 unspecified atom stereocenters. The number of carbonyl (C=O) groups is 1. The molecular formula is C12H16N2OS. The average molecular weight is 236 g/mol. The first-order valence-electron chi connectivity index (χ1n) is 5.26. The number of hydrogen-bond acceptors (Lipinski definition) is 3. The molecule has 16 heavy (non-hydrogen) atoms. The van der Waals surface area contributed by atoms with Crippen LogP contribution < -0.4 is 5.32 Å². The first kappa shape index (κ1) is 12.7. The highest BCUT2D eigenvalue weighted by molar-refractivity contribution is 7.12. The molecule has 1 aromatic heterocycles. The van der Waals surface area contributed by atoms with E-state index in [1.165, 1.54) is 11.3 Å². The van der Waals surface area contributed by atoms with Crippen molar-refractivity contribution < 1.29 is 4.79 Å². The van der Waals surface area contributed by atoms with Crippen molar-refractivity contribution in [2.75, 3.05) is 6.54 Å². The molecule has 0 atom stereocenters. The molecule has 0 radical (unpaired) electrons. The summed E-state index contributed by atoms with van der Waals surface area (Å²) in [5.74, 6) is -0.0739. The van der Waals surface area contributed by atoms with Gasteiger partial charge in [-0.25, -0.2) is 0 Å². The molecule has 3 nitrogen and oxygen atoms in total. The van der Waals surface area contributed by atoms with Crippen LogP contribution in [0.5, 0.6) is 0 Å². The zero-order valence-corrected chi connectivity index (χ0v) is 10.6. The number of amides is 1. The van der Waals surface area contributed by atoms with Gasteiger partial charge in [-0.1, -0.05) is 6.92 Å². The van der Waals surface area contributed by atoms with Crippen molar-refractivity contribution in [2.45, 2.75) is 27.2 Å². The molecule has 86 valence electrons. The third-order valence-electron chi connectivity index (χ3n) is 2.33. The highest BCUT2D eigenvalue weighted by Gasteiger charge is 2.19. The summed E-state index contributed by atoms with van der Waals surface area (Å²) in [6.45, 7) is 6.02. The van der Waals surface area contributed by atoms with Gasteiger partial charge in [-0.05, 0) is 37.3 Å². The SMILES string of the molecule is CCc1ccsc1C(=O)NCC(C)(C)C#N. The van der Waals surface area contributed by atoms with Gasteiger partial charge in [0.1, 0.15) is 0 Å². The Morgan fingerprint density at radius 1 is 1.62 bits per heavy atom. The summed E-state index contributed by atoms with van der Waals surface area (Å²) in [4.78, 5) is 12.6. The minimum Gasteiger partial charge on any atom is -0.350 e. The van der Waals surface area contributed by atoms with E-state index in [-0.39, 0.29) is 5.91 Å². The molecule has 0 aromatic carbocycles. The molecule has 0 fully saturated rings. The maximum absolute atomic E-state index is 11.8. The van der Waals surface area contributed by atoms with Crippen molar-refractivity contribution in [3.05, 3.63) is 21.9 Å². The van der Waals surface area contributed by atoms with Crippen LogP contribution in [-0.4, -0.2) is 12.5 Å². The minimum absolute atomic E-state index is 0.0739. The van der Waals surface area contributed by atoms with E-state index in [2.05, 4.69) is 11.4 Å². The number of thiophene rings is 1. The van der Waals surface area contributed by atoms with Crippen LogP contribution in [0.25, 0.3) is 0 Å². The highest BCUT2D eigenvalue weighted by atomic mass is 32.1. The van der Waals surface area contributed by atoms with Crippen molar-refractivity contribution in [3.8, 4) is 6.07 Å². The summed E-state index contributed by atoms with van der Waals surface area (Å²) in [7, 11) is 0. The lowest BCUT2D eigenvalue weighted by Crippen LogP contribution is -2.33. The molecule has 0 saturated heterocycles. The quantitative estimate of drug-likeness (QED) is 0.873. The molecule has 4 heteroatoms. The van der Waals surface area contributed by atoms with Gasteiger partial charge in [-0.2, -0.15) is 5.26 Å². The fourth-order valence-corrected chi connectivity index (χ4v) is 2.15. The Morgan fingerprint density at radius 3 is 2.88 bits per heavy atom. The van der Waals surface area contributed by atoms with Crippen LogP contribution >= 0.6 is 11.3 Å². The lowest BCUT2D eigenvalue weighted by atomic mass is 9.96. The van der Waals surface area contributed by atoms with E-state index in [0.29, 0.717) is 6.54 Å². The maximum Gasteiger partial charge on any atom is 0.261 e.